The van der Waals surface area contributed by atoms with Crippen LogP contribution in [0.2, 0.25) is 0 Å². The molecule has 1 heterocycles. The minimum absolute atomic E-state index is 0.0254. The smallest absolute Gasteiger partial charge is 0.139 e. The van der Waals surface area contributed by atoms with E-state index in [0.29, 0.717) is 6.42 Å². The maximum absolute atomic E-state index is 6.46. The van der Waals surface area contributed by atoms with E-state index in [9.17, 15) is 0 Å². The van der Waals surface area contributed by atoms with Crippen molar-refractivity contribution in [1.29, 1.82) is 0 Å². The minimum atomic E-state index is -0.338. The lowest BCUT2D eigenvalue weighted by atomic mass is 9.81. The Balaban J connectivity index is 0.00000399. The van der Waals surface area contributed by atoms with E-state index in [2.05, 4.69) is 149 Å². The number of terminal acetylenes is 1. The molecule has 0 amide bonds. The molecule has 1 aromatic heterocycles. The van der Waals surface area contributed by atoms with Gasteiger partial charge in [0, 0.05) is 21.9 Å². The number of benzene rings is 2. The Hall–Kier alpha value is -5.32. The Bertz CT molecular complexity index is 2220. The molecule has 4 rings (SSSR count). The van der Waals surface area contributed by atoms with Crippen LogP contribution < -0.4 is 0 Å². The summed E-state index contributed by atoms with van der Waals surface area (Å²) < 4.78 is 6.46. The van der Waals surface area contributed by atoms with E-state index >= 15 is 0 Å². The highest BCUT2D eigenvalue weighted by molar-refractivity contribution is 5.93. The zero-order chi connectivity index (χ0) is 41.0. The molecule has 0 aliphatic heterocycles. The molecule has 0 radical (unpaired) electrons. The summed E-state index contributed by atoms with van der Waals surface area (Å²) in [7, 11) is 0. The first-order chi connectivity index (χ1) is 26.3. The minimum Gasteiger partial charge on any atom is -0.456 e. The summed E-state index contributed by atoms with van der Waals surface area (Å²) >= 11 is 0. The number of fused-ring (bicyclic) bond motifs is 2. The van der Waals surface area contributed by atoms with Crippen molar-refractivity contribution in [1.82, 2.24) is 0 Å². The normalized spacial score (nSPS) is 16.2. The van der Waals surface area contributed by atoms with Gasteiger partial charge in [0.05, 0.1) is 5.92 Å². The molecule has 3 aromatic rings. The third-order valence-electron chi connectivity index (χ3n) is 11.0. The van der Waals surface area contributed by atoms with Gasteiger partial charge in [-0.2, -0.15) is 0 Å². The maximum atomic E-state index is 6.46. The SMILES string of the molecule is C#CC(\C=C(/C=C(C)/C(C=C)=C(C)/C(=C\C)C(/CC)=C(\C)C=C)C/C=C\C1=C(C)C(C)(C)c2cc(C)ccc21)/C(=C/C)c1oc2ccccc2c1C=C.CC. The van der Waals surface area contributed by atoms with E-state index in [1.807, 2.05) is 57.2 Å². The van der Waals surface area contributed by atoms with E-state index in [-0.39, 0.29) is 11.3 Å². The average Bonchev–Trinajstić information content (AvgIpc) is 3.64. The van der Waals surface area contributed by atoms with Crippen LogP contribution in [0.25, 0.3) is 28.2 Å². The molecule has 286 valence electrons. The predicted molar refractivity (Wildman–Crippen MR) is 246 cm³/mol. The Morgan fingerprint density at radius 2 is 1.65 bits per heavy atom. The fourth-order valence-corrected chi connectivity index (χ4v) is 7.76. The van der Waals surface area contributed by atoms with Crippen LogP contribution in [0.4, 0.5) is 0 Å². The summed E-state index contributed by atoms with van der Waals surface area (Å²) in [5.74, 6) is 3.52. The van der Waals surface area contributed by atoms with Crippen LogP contribution in [0.1, 0.15) is 117 Å². The molecule has 1 atom stereocenters. The molecule has 55 heavy (non-hydrogen) atoms. The number of allylic oxidation sites excluding steroid dienone is 18. The zero-order valence-electron chi connectivity index (χ0n) is 35.8. The Morgan fingerprint density at radius 1 is 0.964 bits per heavy atom. The fraction of sp³-hybridized carbons (Fsp3) is 0.296. The van der Waals surface area contributed by atoms with Crippen molar-refractivity contribution in [2.24, 2.45) is 5.92 Å². The lowest BCUT2D eigenvalue weighted by molar-refractivity contribution is 0.594. The highest BCUT2D eigenvalue weighted by Crippen LogP contribution is 2.47. The van der Waals surface area contributed by atoms with E-state index in [1.54, 1.807) is 0 Å². The molecule has 1 heteroatoms. The van der Waals surface area contributed by atoms with Crippen molar-refractivity contribution in [3.8, 4) is 12.3 Å². The molecule has 0 saturated heterocycles. The molecular formula is C54H64O. The van der Waals surface area contributed by atoms with Crippen molar-refractivity contribution in [3.63, 3.8) is 0 Å². The molecular weight excluding hydrogens is 665 g/mol. The quantitative estimate of drug-likeness (QED) is 0.119. The highest BCUT2D eigenvalue weighted by Gasteiger charge is 2.34. The van der Waals surface area contributed by atoms with Gasteiger partial charge in [-0.1, -0.05) is 162 Å². The zero-order valence-corrected chi connectivity index (χ0v) is 35.8. The van der Waals surface area contributed by atoms with Gasteiger partial charge >= 0.3 is 0 Å². The molecule has 1 nitrogen and oxygen atoms in total. The number of furan rings is 1. The number of para-hydroxylation sites is 1. The summed E-state index contributed by atoms with van der Waals surface area (Å²) in [5.41, 5.74) is 17.6. The topological polar surface area (TPSA) is 13.1 Å². The number of aryl methyl sites for hydroxylation is 1. The van der Waals surface area contributed by atoms with Gasteiger partial charge in [0.2, 0.25) is 0 Å². The van der Waals surface area contributed by atoms with Crippen LogP contribution in [-0.2, 0) is 5.41 Å². The lowest BCUT2D eigenvalue weighted by Gasteiger charge is -2.22. The first-order valence-electron chi connectivity index (χ1n) is 19.8. The van der Waals surface area contributed by atoms with Crippen LogP contribution in [0.15, 0.2) is 160 Å². The summed E-state index contributed by atoms with van der Waals surface area (Å²) in [4.78, 5) is 0. The van der Waals surface area contributed by atoms with Gasteiger partial charge < -0.3 is 4.42 Å². The van der Waals surface area contributed by atoms with Crippen LogP contribution in [-0.4, -0.2) is 0 Å². The van der Waals surface area contributed by atoms with E-state index in [1.165, 1.54) is 50.1 Å². The van der Waals surface area contributed by atoms with Crippen LogP contribution in [0.3, 0.4) is 0 Å². The first-order valence-corrected chi connectivity index (χ1v) is 19.8. The summed E-state index contributed by atoms with van der Waals surface area (Å²) in [6.07, 6.45) is 27.1. The van der Waals surface area contributed by atoms with Gasteiger partial charge in [-0.15, -0.1) is 6.42 Å². The number of hydrogen-bond donors (Lipinski definition) is 0. The predicted octanol–water partition coefficient (Wildman–Crippen LogP) is 16.0. The van der Waals surface area contributed by atoms with E-state index in [0.717, 1.165) is 51.0 Å². The Morgan fingerprint density at radius 3 is 2.24 bits per heavy atom. The molecule has 0 fully saturated rings. The summed E-state index contributed by atoms with van der Waals surface area (Å²) in [6.45, 7) is 38.4. The van der Waals surface area contributed by atoms with Gasteiger partial charge in [0.15, 0.2) is 0 Å². The van der Waals surface area contributed by atoms with Crippen LogP contribution >= 0.6 is 0 Å². The van der Waals surface area contributed by atoms with Crippen molar-refractivity contribution >= 4 is 28.2 Å². The molecule has 0 spiro atoms. The molecule has 2 aromatic carbocycles. The molecule has 0 N–H and O–H groups in total. The van der Waals surface area contributed by atoms with Crippen molar-refractivity contribution in [3.05, 3.63) is 183 Å². The second-order valence-corrected chi connectivity index (χ2v) is 14.5. The monoisotopic (exact) mass is 728 g/mol. The van der Waals surface area contributed by atoms with Crippen LogP contribution in [0.5, 0.6) is 0 Å². The lowest BCUT2D eigenvalue weighted by Crippen LogP contribution is -2.15. The number of hydrogen-bond acceptors (Lipinski definition) is 1. The van der Waals surface area contributed by atoms with Crippen LogP contribution in [0, 0.1) is 25.2 Å². The third kappa shape index (κ3) is 9.32. The fourth-order valence-electron chi connectivity index (χ4n) is 7.76. The van der Waals surface area contributed by atoms with Crippen molar-refractivity contribution in [2.75, 3.05) is 0 Å². The van der Waals surface area contributed by atoms with Crippen molar-refractivity contribution < 1.29 is 4.42 Å². The molecule has 1 aliphatic carbocycles. The van der Waals surface area contributed by atoms with Gasteiger partial charge in [-0.25, -0.2) is 0 Å². The second kappa shape index (κ2) is 19.8. The van der Waals surface area contributed by atoms with Gasteiger partial charge in [-0.3, -0.25) is 0 Å². The Kier molecular flexibility index (Phi) is 15.9. The molecule has 1 aliphatic rings. The maximum Gasteiger partial charge on any atom is 0.139 e. The largest absolute Gasteiger partial charge is 0.456 e. The van der Waals surface area contributed by atoms with E-state index in [4.69, 9.17) is 10.8 Å². The average molecular weight is 729 g/mol. The Labute approximate surface area is 334 Å². The standard InChI is InChI=1S/C52H58O.C2H6/c1-15-35(9)42(18-4)43(19-5)37(11)41(17-3)36(10)32-39(25-24-27-46-38(12)52(13,14)49-31-34(8)29-30-47(46)49)33-40(16-2)44(20-6)51-45(21-7)48-26-22-23-28-50(48)53-51;1-2/h2,15,17,19-24,26-33,40H,1,3,7,18,25H2,4-6,8-14H3;1-2H3/b27-24-,36-32+,39-33-,41-37+,42-35+,43-19+,44-20-;. The second-order valence-electron chi connectivity index (χ2n) is 14.5. The van der Waals surface area contributed by atoms with Gasteiger partial charge in [0.1, 0.15) is 11.3 Å². The molecule has 0 bridgehead atoms. The number of rotatable bonds is 14. The first kappa shape index (κ1) is 44.1. The summed E-state index contributed by atoms with van der Waals surface area (Å²) in [5, 5.41) is 1.03. The molecule has 1 unspecified atom stereocenters. The van der Waals surface area contributed by atoms with Crippen molar-refractivity contribution in [2.45, 2.75) is 101 Å². The molecule has 0 saturated carbocycles. The highest BCUT2D eigenvalue weighted by atomic mass is 16.3. The third-order valence-corrected chi connectivity index (χ3v) is 11.0. The summed E-state index contributed by atoms with van der Waals surface area (Å²) in [6, 6.07) is 14.9. The van der Waals surface area contributed by atoms with Gasteiger partial charge in [-0.05, 0) is 123 Å². The van der Waals surface area contributed by atoms with E-state index < -0.39 is 0 Å². The van der Waals surface area contributed by atoms with Gasteiger partial charge in [0.25, 0.3) is 0 Å².